The smallest absolute Gasteiger partial charge is 0.128 e. The van der Waals surface area contributed by atoms with Crippen molar-refractivity contribution >= 4 is 5.71 Å². The Bertz CT molecular complexity index is 789. The zero-order valence-corrected chi connectivity index (χ0v) is 20.5. The van der Waals surface area contributed by atoms with Gasteiger partial charge < -0.3 is 15.1 Å². The van der Waals surface area contributed by atoms with Crippen LogP contribution in [0.3, 0.4) is 0 Å². The molecule has 0 fully saturated rings. The van der Waals surface area contributed by atoms with Gasteiger partial charge in [-0.05, 0) is 18.6 Å². The first-order chi connectivity index (χ1) is 16.3. The molecule has 0 unspecified atom stereocenters. The van der Waals surface area contributed by atoms with Crippen LogP contribution in [0.5, 0.6) is 11.5 Å². The molecule has 2 rings (SSSR count). The van der Waals surface area contributed by atoms with E-state index in [4.69, 9.17) is 4.74 Å². The fourth-order valence-electron chi connectivity index (χ4n) is 4.15. The maximum atomic E-state index is 10.4. The molecule has 0 saturated heterocycles. The summed E-state index contributed by atoms with van der Waals surface area (Å²) >= 11 is 0. The van der Waals surface area contributed by atoms with Gasteiger partial charge in [-0.1, -0.05) is 126 Å². The van der Waals surface area contributed by atoms with E-state index in [9.17, 15) is 10.3 Å². The quantitative estimate of drug-likeness (QED) is 0.103. The zero-order valence-electron chi connectivity index (χ0n) is 20.5. The van der Waals surface area contributed by atoms with E-state index >= 15 is 0 Å². The zero-order chi connectivity index (χ0) is 23.6. The van der Waals surface area contributed by atoms with Gasteiger partial charge in [0.15, 0.2) is 0 Å². The van der Waals surface area contributed by atoms with Gasteiger partial charge in [0.05, 0.1) is 6.61 Å². The van der Waals surface area contributed by atoms with Crippen LogP contribution >= 0.6 is 0 Å². The van der Waals surface area contributed by atoms with E-state index in [0.29, 0.717) is 23.6 Å². The summed E-state index contributed by atoms with van der Waals surface area (Å²) in [4.78, 5) is 0. The van der Waals surface area contributed by atoms with E-state index in [0.717, 1.165) is 12.0 Å². The van der Waals surface area contributed by atoms with Crippen molar-refractivity contribution in [1.29, 1.82) is 0 Å². The molecule has 0 radical (unpaired) electrons. The number of rotatable bonds is 18. The molecule has 0 aliphatic heterocycles. The summed E-state index contributed by atoms with van der Waals surface area (Å²) in [6.45, 7) is 2.92. The molecule has 0 bridgehead atoms. The second-order valence-electron chi connectivity index (χ2n) is 8.94. The van der Waals surface area contributed by atoms with Crippen molar-refractivity contribution in [2.45, 2.75) is 96.8 Å². The molecule has 4 nitrogen and oxygen atoms in total. The van der Waals surface area contributed by atoms with Crippen molar-refractivity contribution in [3.63, 3.8) is 0 Å². The second-order valence-corrected chi connectivity index (χ2v) is 8.94. The molecule has 2 aromatic carbocycles. The number of phenolic OH excluding ortho intramolecular Hbond substituents is 1. The molecular formula is C29H43NO3. The van der Waals surface area contributed by atoms with Crippen LogP contribution in [0.4, 0.5) is 0 Å². The SMILES string of the molecule is CCCCCCCCCCCCCCCCOc1ccc(/C(=N\O)c2ccccc2)c(O)c1. The molecule has 2 N–H and O–H groups in total. The minimum absolute atomic E-state index is 0.0464. The minimum atomic E-state index is 0.0464. The number of nitrogens with zero attached hydrogens (tertiary/aromatic N) is 1. The number of aromatic hydroxyl groups is 1. The normalized spacial score (nSPS) is 11.6. The Kier molecular flexibility index (Phi) is 13.8. The molecule has 182 valence electrons. The maximum Gasteiger partial charge on any atom is 0.128 e. The van der Waals surface area contributed by atoms with Crippen molar-refractivity contribution in [3.05, 3.63) is 59.7 Å². The van der Waals surface area contributed by atoms with Gasteiger partial charge in [-0.15, -0.1) is 0 Å². The Morgan fingerprint density at radius 3 is 1.79 bits per heavy atom. The van der Waals surface area contributed by atoms with Crippen LogP contribution in [0.15, 0.2) is 53.7 Å². The Labute approximate surface area is 200 Å². The number of unbranched alkanes of at least 4 members (excludes halogenated alkanes) is 13. The highest BCUT2D eigenvalue weighted by atomic mass is 16.5. The van der Waals surface area contributed by atoms with Gasteiger partial charge in [0.25, 0.3) is 0 Å². The minimum Gasteiger partial charge on any atom is -0.507 e. The number of phenols is 1. The Morgan fingerprint density at radius 2 is 1.27 bits per heavy atom. The largest absolute Gasteiger partial charge is 0.507 e. The lowest BCUT2D eigenvalue weighted by atomic mass is 10.0. The van der Waals surface area contributed by atoms with Gasteiger partial charge in [0, 0.05) is 17.2 Å². The van der Waals surface area contributed by atoms with Crippen molar-refractivity contribution in [2.24, 2.45) is 5.16 Å². The van der Waals surface area contributed by atoms with Crippen LogP contribution in [0.25, 0.3) is 0 Å². The molecule has 0 amide bonds. The van der Waals surface area contributed by atoms with Gasteiger partial charge in [-0.25, -0.2) is 0 Å². The highest BCUT2D eigenvalue weighted by molar-refractivity contribution is 6.14. The topological polar surface area (TPSA) is 62.0 Å². The lowest BCUT2D eigenvalue weighted by Crippen LogP contribution is -2.04. The summed E-state index contributed by atoms with van der Waals surface area (Å²) in [6, 6.07) is 14.4. The van der Waals surface area contributed by atoms with Crippen LogP contribution in [0.2, 0.25) is 0 Å². The third-order valence-corrected chi connectivity index (χ3v) is 6.14. The maximum absolute atomic E-state index is 10.4. The van der Waals surface area contributed by atoms with E-state index in [2.05, 4.69) is 12.1 Å². The molecule has 0 aliphatic carbocycles. The van der Waals surface area contributed by atoms with Crippen LogP contribution in [0.1, 0.15) is 108 Å². The first-order valence-corrected chi connectivity index (χ1v) is 13.0. The number of hydrogen-bond donors (Lipinski definition) is 2. The van der Waals surface area contributed by atoms with E-state index in [1.54, 1.807) is 12.1 Å². The van der Waals surface area contributed by atoms with Crippen molar-refractivity contribution < 1.29 is 15.1 Å². The van der Waals surface area contributed by atoms with Crippen LogP contribution in [-0.4, -0.2) is 22.6 Å². The summed E-state index contributed by atoms with van der Waals surface area (Å²) in [5.41, 5.74) is 1.56. The Morgan fingerprint density at radius 1 is 0.727 bits per heavy atom. The highest BCUT2D eigenvalue weighted by Crippen LogP contribution is 2.26. The van der Waals surface area contributed by atoms with Crippen molar-refractivity contribution in [3.8, 4) is 11.5 Å². The lowest BCUT2D eigenvalue weighted by molar-refractivity contribution is 0.302. The predicted molar refractivity (Wildman–Crippen MR) is 138 cm³/mol. The van der Waals surface area contributed by atoms with Gasteiger partial charge in [-0.2, -0.15) is 0 Å². The highest BCUT2D eigenvalue weighted by Gasteiger charge is 2.13. The summed E-state index contributed by atoms with van der Waals surface area (Å²) in [6.07, 6.45) is 18.7. The van der Waals surface area contributed by atoms with Crippen LogP contribution in [-0.2, 0) is 0 Å². The van der Waals surface area contributed by atoms with E-state index < -0.39 is 0 Å². The van der Waals surface area contributed by atoms with Crippen molar-refractivity contribution in [1.82, 2.24) is 0 Å². The molecule has 33 heavy (non-hydrogen) atoms. The van der Waals surface area contributed by atoms with Crippen molar-refractivity contribution in [2.75, 3.05) is 6.61 Å². The van der Waals surface area contributed by atoms with Crippen LogP contribution in [0, 0.1) is 0 Å². The Hall–Kier alpha value is -2.49. The summed E-state index contributed by atoms with van der Waals surface area (Å²) in [5.74, 6) is 0.682. The molecule has 0 spiro atoms. The average molecular weight is 454 g/mol. The first-order valence-electron chi connectivity index (χ1n) is 13.0. The molecule has 0 aromatic heterocycles. The van der Waals surface area contributed by atoms with Crippen LogP contribution < -0.4 is 4.74 Å². The standard InChI is InChI=1S/C29H43NO3/c1-2-3-4-5-6-7-8-9-10-11-12-13-14-18-23-33-26-21-22-27(28(31)24-26)29(30-32)25-19-16-15-17-20-25/h15-17,19-22,24,31-32H,2-14,18,23H2,1H3/b30-29-. The van der Waals surface area contributed by atoms with E-state index in [1.165, 1.54) is 83.5 Å². The fraction of sp³-hybridized carbons (Fsp3) is 0.552. The molecule has 4 heteroatoms. The predicted octanol–water partition coefficient (Wildman–Crippen LogP) is 8.48. The van der Waals surface area contributed by atoms with Gasteiger partial charge in [-0.3, -0.25) is 0 Å². The van der Waals surface area contributed by atoms with Gasteiger partial charge >= 0.3 is 0 Å². The fourth-order valence-corrected chi connectivity index (χ4v) is 4.15. The molecule has 0 saturated carbocycles. The first kappa shape index (κ1) is 26.8. The van der Waals surface area contributed by atoms with E-state index in [-0.39, 0.29) is 5.75 Å². The molecule has 0 atom stereocenters. The van der Waals surface area contributed by atoms with Gasteiger partial charge in [0.1, 0.15) is 17.2 Å². The van der Waals surface area contributed by atoms with E-state index in [1.807, 2.05) is 36.4 Å². The summed E-state index contributed by atoms with van der Waals surface area (Å²) < 4.78 is 5.81. The van der Waals surface area contributed by atoms with Gasteiger partial charge in [0.2, 0.25) is 0 Å². The summed E-state index contributed by atoms with van der Waals surface area (Å²) in [7, 11) is 0. The summed E-state index contributed by atoms with van der Waals surface area (Å²) in [5, 5.41) is 23.2. The molecule has 0 heterocycles. The average Bonchev–Trinajstić information content (AvgIpc) is 2.84. The second kappa shape index (κ2) is 17.0. The number of oxime groups is 1. The monoisotopic (exact) mass is 453 g/mol. The molecular weight excluding hydrogens is 410 g/mol. The lowest BCUT2D eigenvalue weighted by Gasteiger charge is -2.10. The Balaban J connectivity index is 1.54. The number of ether oxygens (including phenoxy) is 1. The third kappa shape index (κ3) is 10.8. The molecule has 0 aliphatic rings. The third-order valence-electron chi connectivity index (χ3n) is 6.14. The molecule has 2 aromatic rings. The number of hydrogen-bond acceptors (Lipinski definition) is 4. The number of benzene rings is 2.